The average Bonchev–Trinajstić information content (AvgIpc) is 3.03. The van der Waals surface area contributed by atoms with Crippen molar-refractivity contribution in [3.63, 3.8) is 0 Å². The molecule has 3 heterocycles. The minimum absolute atomic E-state index is 0.0752. The molecule has 0 aliphatic carbocycles. The minimum atomic E-state index is -0.115. The first-order valence-corrected chi connectivity index (χ1v) is 8.30. The van der Waals surface area contributed by atoms with E-state index in [1.807, 2.05) is 10.3 Å². The number of thiazole rings is 1. The van der Waals surface area contributed by atoms with Crippen LogP contribution in [0.4, 0.5) is 5.13 Å². The third-order valence-corrected chi connectivity index (χ3v) is 4.56. The number of carbonyl (C=O) groups excluding carboxylic acids is 2. The van der Waals surface area contributed by atoms with Crippen molar-refractivity contribution in [2.75, 3.05) is 18.4 Å². The van der Waals surface area contributed by atoms with Gasteiger partial charge in [-0.05, 0) is 12.8 Å². The smallest absolute Gasteiger partial charge is 0.274 e. The van der Waals surface area contributed by atoms with E-state index in [9.17, 15) is 9.59 Å². The molecule has 0 radical (unpaired) electrons. The van der Waals surface area contributed by atoms with Crippen LogP contribution in [-0.2, 0) is 4.79 Å². The summed E-state index contributed by atoms with van der Waals surface area (Å²) < 4.78 is 0. The first-order valence-electron chi connectivity index (χ1n) is 7.42. The normalized spacial score (nSPS) is 15.4. The molecule has 1 aliphatic rings. The van der Waals surface area contributed by atoms with Crippen LogP contribution in [0.3, 0.4) is 0 Å². The number of nitrogens with zero attached hydrogens (tertiary/aromatic N) is 4. The molecule has 120 valence electrons. The van der Waals surface area contributed by atoms with Crippen LogP contribution in [0.5, 0.6) is 0 Å². The van der Waals surface area contributed by atoms with Crippen molar-refractivity contribution in [1.29, 1.82) is 0 Å². The van der Waals surface area contributed by atoms with E-state index in [1.165, 1.54) is 30.7 Å². The van der Waals surface area contributed by atoms with Gasteiger partial charge in [0, 0.05) is 43.7 Å². The fourth-order valence-corrected chi connectivity index (χ4v) is 3.47. The number of hydrogen-bond donors (Lipinski definition) is 1. The number of nitrogens with one attached hydrogen (secondary N) is 1. The number of rotatable bonds is 3. The Bertz CT molecular complexity index is 695. The van der Waals surface area contributed by atoms with Gasteiger partial charge < -0.3 is 10.2 Å². The lowest BCUT2D eigenvalue weighted by Gasteiger charge is -2.31. The van der Waals surface area contributed by atoms with Crippen LogP contribution in [-0.4, -0.2) is 44.8 Å². The Morgan fingerprint density at radius 2 is 2.09 bits per heavy atom. The van der Waals surface area contributed by atoms with Gasteiger partial charge >= 0.3 is 0 Å². The highest BCUT2D eigenvalue weighted by Crippen LogP contribution is 2.30. The third-order valence-electron chi connectivity index (χ3n) is 3.79. The molecule has 2 aromatic heterocycles. The summed E-state index contributed by atoms with van der Waals surface area (Å²) in [7, 11) is 0. The zero-order valence-corrected chi connectivity index (χ0v) is 13.5. The lowest BCUT2D eigenvalue weighted by molar-refractivity contribution is -0.114. The Morgan fingerprint density at radius 1 is 1.30 bits per heavy atom. The van der Waals surface area contributed by atoms with Gasteiger partial charge in [-0.2, -0.15) is 0 Å². The van der Waals surface area contributed by atoms with Crippen LogP contribution < -0.4 is 5.32 Å². The van der Waals surface area contributed by atoms with Gasteiger partial charge in [0.15, 0.2) is 5.13 Å². The lowest BCUT2D eigenvalue weighted by Crippen LogP contribution is -2.38. The molecule has 0 aromatic carbocycles. The lowest BCUT2D eigenvalue weighted by atomic mass is 9.94. The van der Waals surface area contributed by atoms with Gasteiger partial charge in [0.2, 0.25) is 5.91 Å². The monoisotopic (exact) mass is 331 g/mol. The summed E-state index contributed by atoms with van der Waals surface area (Å²) in [5.74, 6) is 0.128. The summed E-state index contributed by atoms with van der Waals surface area (Å²) in [6, 6.07) is 0. The predicted molar refractivity (Wildman–Crippen MR) is 86.3 cm³/mol. The van der Waals surface area contributed by atoms with Crippen molar-refractivity contribution in [3.8, 4) is 0 Å². The van der Waals surface area contributed by atoms with Crippen LogP contribution in [0, 0.1) is 0 Å². The summed E-state index contributed by atoms with van der Waals surface area (Å²) in [5.41, 5.74) is 1.37. The largest absolute Gasteiger partial charge is 0.337 e. The number of anilines is 1. The maximum atomic E-state index is 12.3. The summed E-state index contributed by atoms with van der Waals surface area (Å²) in [6.07, 6.45) is 6.29. The number of carbonyl (C=O) groups is 2. The highest BCUT2D eigenvalue weighted by molar-refractivity contribution is 7.13. The van der Waals surface area contributed by atoms with E-state index in [1.54, 1.807) is 6.20 Å². The molecular weight excluding hydrogens is 314 g/mol. The number of amides is 2. The molecule has 1 saturated heterocycles. The van der Waals surface area contributed by atoms with E-state index in [2.05, 4.69) is 20.3 Å². The van der Waals surface area contributed by atoms with Gasteiger partial charge in [-0.1, -0.05) is 0 Å². The van der Waals surface area contributed by atoms with E-state index in [-0.39, 0.29) is 11.8 Å². The first-order chi connectivity index (χ1) is 11.1. The van der Waals surface area contributed by atoms with E-state index in [0.717, 1.165) is 18.5 Å². The molecule has 7 nitrogen and oxygen atoms in total. The fraction of sp³-hybridized carbons (Fsp3) is 0.400. The first kappa shape index (κ1) is 15.5. The Morgan fingerprint density at radius 3 is 2.74 bits per heavy atom. The third kappa shape index (κ3) is 3.70. The average molecular weight is 331 g/mol. The standard InChI is InChI=1S/C15H17N5O2S/c1-10(21)18-15-19-13(9-23-15)11-2-6-20(7-3-11)14(22)12-8-16-4-5-17-12/h4-5,8-9,11H,2-3,6-7H2,1H3,(H,18,19,21). The van der Waals surface area contributed by atoms with Crippen molar-refractivity contribution in [3.05, 3.63) is 35.4 Å². The molecule has 0 saturated carbocycles. The quantitative estimate of drug-likeness (QED) is 0.928. The second-order valence-corrected chi connectivity index (χ2v) is 6.27. The Labute approximate surface area is 137 Å². The zero-order chi connectivity index (χ0) is 16.2. The molecule has 0 unspecified atom stereocenters. The van der Waals surface area contributed by atoms with E-state index < -0.39 is 0 Å². The zero-order valence-electron chi connectivity index (χ0n) is 12.7. The van der Waals surface area contributed by atoms with Crippen LogP contribution >= 0.6 is 11.3 Å². The summed E-state index contributed by atoms with van der Waals surface area (Å²) in [4.78, 5) is 37.6. The van der Waals surface area contributed by atoms with Crippen LogP contribution in [0.1, 0.15) is 41.9 Å². The second-order valence-electron chi connectivity index (χ2n) is 5.42. The van der Waals surface area contributed by atoms with Crippen molar-refractivity contribution >= 4 is 28.3 Å². The van der Waals surface area contributed by atoms with Crippen molar-refractivity contribution < 1.29 is 9.59 Å². The number of hydrogen-bond acceptors (Lipinski definition) is 6. The fourth-order valence-electron chi connectivity index (χ4n) is 2.63. The summed E-state index contributed by atoms with van der Waals surface area (Å²) >= 11 is 1.43. The highest BCUT2D eigenvalue weighted by atomic mass is 32.1. The van der Waals surface area contributed by atoms with Gasteiger partial charge in [-0.15, -0.1) is 11.3 Å². The number of piperidine rings is 1. The molecule has 0 bridgehead atoms. The van der Waals surface area contributed by atoms with Crippen molar-refractivity contribution in [2.24, 2.45) is 0 Å². The second kappa shape index (κ2) is 6.82. The molecule has 23 heavy (non-hydrogen) atoms. The van der Waals surface area contributed by atoms with Crippen LogP contribution in [0.2, 0.25) is 0 Å². The summed E-state index contributed by atoms with van der Waals surface area (Å²) in [5, 5.41) is 5.31. The molecule has 0 spiro atoms. The molecule has 0 atom stereocenters. The SMILES string of the molecule is CC(=O)Nc1nc(C2CCN(C(=O)c3cnccn3)CC2)cs1. The Hall–Kier alpha value is -2.35. The molecule has 2 aromatic rings. The molecule has 1 N–H and O–H groups in total. The highest BCUT2D eigenvalue weighted by Gasteiger charge is 2.26. The van der Waals surface area contributed by atoms with E-state index >= 15 is 0 Å². The Kier molecular flexibility index (Phi) is 4.61. The molecule has 3 rings (SSSR count). The molecule has 8 heteroatoms. The number of aromatic nitrogens is 3. The minimum Gasteiger partial charge on any atom is -0.337 e. The van der Waals surface area contributed by atoms with Gasteiger partial charge in [-0.3, -0.25) is 14.6 Å². The van der Waals surface area contributed by atoms with Gasteiger partial charge in [-0.25, -0.2) is 9.97 Å². The van der Waals surface area contributed by atoms with Gasteiger partial charge in [0.1, 0.15) is 5.69 Å². The molecule has 1 aliphatic heterocycles. The van der Waals surface area contributed by atoms with E-state index in [4.69, 9.17) is 0 Å². The predicted octanol–water partition coefficient (Wildman–Crippen LogP) is 1.91. The van der Waals surface area contributed by atoms with Crippen LogP contribution in [0.25, 0.3) is 0 Å². The summed E-state index contributed by atoms with van der Waals surface area (Å²) in [6.45, 7) is 2.82. The molecule has 2 amide bonds. The van der Waals surface area contributed by atoms with Gasteiger partial charge in [0.05, 0.1) is 11.9 Å². The van der Waals surface area contributed by atoms with Crippen molar-refractivity contribution in [1.82, 2.24) is 19.9 Å². The number of likely N-dealkylation sites (tertiary alicyclic amines) is 1. The topological polar surface area (TPSA) is 88.1 Å². The van der Waals surface area contributed by atoms with E-state index in [0.29, 0.717) is 29.8 Å². The van der Waals surface area contributed by atoms with Crippen LogP contribution in [0.15, 0.2) is 24.0 Å². The maximum Gasteiger partial charge on any atom is 0.274 e. The molecular formula is C15H17N5O2S. The molecule has 1 fully saturated rings. The maximum absolute atomic E-state index is 12.3. The van der Waals surface area contributed by atoms with Gasteiger partial charge in [0.25, 0.3) is 5.91 Å². The van der Waals surface area contributed by atoms with Crippen molar-refractivity contribution in [2.45, 2.75) is 25.7 Å². The Balaban J connectivity index is 1.59.